The van der Waals surface area contributed by atoms with Gasteiger partial charge in [-0.25, -0.2) is 5.43 Å². The van der Waals surface area contributed by atoms with E-state index in [1.54, 1.807) is 0 Å². The average molecular weight is 185 g/mol. The molecule has 2 rings (SSSR count). The van der Waals surface area contributed by atoms with Crippen LogP contribution in [0.15, 0.2) is 4.99 Å². The SMILES string of the molecule is O=C1CSC(N2CCCCN2)=N1. The summed E-state index contributed by atoms with van der Waals surface area (Å²) in [6, 6.07) is 0. The smallest absolute Gasteiger partial charge is 0.258 e. The molecular weight excluding hydrogens is 174 g/mol. The summed E-state index contributed by atoms with van der Waals surface area (Å²) in [4.78, 5) is 14.7. The molecule has 66 valence electrons. The van der Waals surface area contributed by atoms with Crippen LogP contribution in [0.2, 0.25) is 0 Å². The lowest BCUT2D eigenvalue weighted by Gasteiger charge is -2.28. The van der Waals surface area contributed by atoms with Gasteiger partial charge in [-0.05, 0) is 12.8 Å². The molecule has 0 aromatic heterocycles. The number of nitrogens with one attached hydrogen (secondary N) is 1. The van der Waals surface area contributed by atoms with Crippen LogP contribution < -0.4 is 5.43 Å². The molecule has 0 saturated carbocycles. The number of amides is 1. The second kappa shape index (κ2) is 3.45. The first-order valence-corrected chi connectivity index (χ1v) is 5.10. The number of carbonyl (C=O) groups is 1. The Morgan fingerprint density at radius 3 is 3.00 bits per heavy atom. The third-order valence-corrected chi connectivity index (χ3v) is 2.85. The van der Waals surface area contributed by atoms with Gasteiger partial charge in [-0.2, -0.15) is 4.99 Å². The first-order chi connectivity index (χ1) is 5.86. The quantitative estimate of drug-likeness (QED) is 0.586. The van der Waals surface area contributed by atoms with Crippen molar-refractivity contribution in [3.63, 3.8) is 0 Å². The van der Waals surface area contributed by atoms with Crippen molar-refractivity contribution in [3.8, 4) is 0 Å². The molecule has 2 aliphatic rings. The Kier molecular flexibility index (Phi) is 2.32. The van der Waals surface area contributed by atoms with E-state index in [0.29, 0.717) is 5.75 Å². The number of hydrogen-bond acceptors (Lipinski definition) is 4. The zero-order valence-corrected chi connectivity index (χ0v) is 7.56. The van der Waals surface area contributed by atoms with Crippen LogP contribution in [0, 0.1) is 0 Å². The maximum Gasteiger partial charge on any atom is 0.258 e. The third-order valence-electron chi connectivity index (χ3n) is 1.89. The molecule has 4 nitrogen and oxygen atoms in total. The van der Waals surface area contributed by atoms with Crippen LogP contribution in [-0.2, 0) is 4.79 Å². The Morgan fingerprint density at radius 2 is 2.42 bits per heavy atom. The minimum atomic E-state index is -0.0117. The Morgan fingerprint density at radius 1 is 1.50 bits per heavy atom. The fourth-order valence-corrected chi connectivity index (χ4v) is 2.08. The number of aliphatic imine (C=N–C) groups is 1. The molecule has 1 fully saturated rings. The van der Waals surface area contributed by atoms with Gasteiger partial charge in [-0.1, -0.05) is 11.8 Å². The van der Waals surface area contributed by atoms with Gasteiger partial charge >= 0.3 is 0 Å². The molecule has 0 aromatic carbocycles. The summed E-state index contributed by atoms with van der Waals surface area (Å²) >= 11 is 1.52. The summed E-state index contributed by atoms with van der Waals surface area (Å²) in [6.07, 6.45) is 2.39. The van der Waals surface area contributed by atoms with Gasteiger partial charge in [0.25, 0.3) is 5.91 Å². The zero-order chi connectivity index (χ0) is 8.39. The van der Waals surface area contributed by atoms with Crippen LogP contribution in [-0.4, -0.2) is 34.9 Å². The summed E-state index contributed by atoms with van der Waals surface area (Å²) in [7, 11) is 0. The predicted molar refractivity (Wildman–Crippen MR) is 48.8 cm³/mol. The zero-order valence-electron chi connectivity index (χ0n) is 6.75. The summed E-state index contributed by atoms with van der Waals surface area (Å²) in [5.41, 5.74) is 3.21. The summed E-state index contributed by atoms with van der Waals surface area (Å²) in [5.74, 6) is 0.496. The molecule has 2 heterocycles. The minimum Gasteiger partial charge on any atom is -0.287 e. The van der Waals surface area contributed by atoms with E-state index in [0.717, 1.165) is 18.3 Å². The highest BCUT2D eigenvalue weighted by atomic mass is 32.2. The third kappa shape index (κ3) is 1.61. The van der Waals surface area contributed by atoms with E-state index in [1.807, 2.05) is 5.01 Å². The molecule has 5 heteroatoms. The molecule has 12 heavy (non-hydrogen) atoms. The first-order valence-electron chi connectivity index (χ1n) is 4.11. The van der Waals surface area contributed by atoms with Crippen LogP contribution in [0.1, 0.15) is 12.8 Å². The second-order valence-corrected chi connectivity index (χ2v) is 3.79. The Balaban J connectivity index is 1.99. The van der Waals surface area contributed by atoms with Gasteiger partial charge < -0.3 is 0 Å². The van der Waals surface area contributed by atoms with Crippen molar-refractivity contribution < 1.29 is 4.79 Å². The average Bonchev–Trinajstić information content (AvgIpc) is 2.54. The van der Waals surface area contributed by atoms with Crippen molar-refractivity contribution in [1.82, 2.24) is 10.4 Å². The Hall–Kier alpha value is -0.550. The van der Waals surface area contributed by atoms with Crippen LogP contribution in [0.25, 0.3) is 0 Å². The molecule has 0 bridgehead atoms. The molecule has 1 amide bonds. The fourth-order valence-electron chi connectivity index (χ4n) is 1.29. The van der Waals surface area contributed by atoms with E-state index < -0.39 is 0 Å². The number of thioether (sulfide) groups is 1. The molecule has 0 aromatic rings. The van der Waals surface area contributed by atoms with Crippen molar-refractivity contribution in [2.24, 2.45) is 4.99 Å². The monoisotopic (exact) mass is 185 g/mol. The van der Waals surface area contributed by atoms with Gasteiger partial charge in [0.15, 0.2) is 5.17 Å². The molecule has 1 saturated heterocycles. The van der Waals surface area contributed by atoms with E-state index >= 15 is 0 Å². The summed E-state index contributed by atoms with van der Waals surface area (Å²) in [5, 5.41) is 2.83. The van der Waals surface area contributed by atoms with Crippen molar-refractivity contribution in [2.45, 2.75) is 12.8 Å². The molecule has 0 unspecified atom stereocenters. The molecular formula is C7H11N3OS. The van der Waals surface area contributed by atoms with Crippen molar-refractivity contribution in [1.29, 1.82) is 0 Å². The lowest BCUT2D eigenvalue weighted by Crippen LogP contribution is -2.45. The molecule has 0 radical (unpaired) electrons. The number of carbonyl (C=O) groups excluding carboxylic acids is 1. The van der Waals surface area contributed by atoms with Crippen LogP contribution >= 0.6 is 11.8 Å². The maximum atomic E-state index is 10.8. The van der Waals surface area contributed by atoms with E-state index in [1.165, 1.54) is 24.6 Å². The number of amidine groups is 1. The lowest BCUT2D eigenvalue weighted by molar-refractivity contribution is -0.115. The van der Waals surface area contributed by atoms with E-state index in [9.17, 15) is 4.79 Å². The molecule has 1 N–H and O–H groups in total. The fraction of sp³-hybridized carbons (Fsp3) is 0.714. The summed E-state index contributed by atoms with van der Waals surface area (Å²) in [6.45, 7) is 1.97. The molecule has 0 spiro atoms. The van der Waals surface area contributed by atoms with Gasteiger partial charge in [-0.3, -0.25) is 9.80 Å². The Labute approximate surface area is 75.4 Å². The van der Waals surface area contributed by atoms with Crippen LogP contribution in [0.4, 0.5) is 0 Å². The van der Waals surface area contributed by atoms with Crippen LogP contribution in [0.5, 0.6) is 0 Å². The lowest BCUT2D eigenvalue weighted by atomic mass is 10.3. The minimum absolute atomic E-state index is 0.0117. The van der Waals surface area contributed by atoms with Gasteiger partial charge in [0.05, 0.1) is 5.75 Å². The van der Waals surface area contributed by atoms with Crippen molar-refractivity contribution in [3.05, 3.63) is 0 Å². The number of nitrogens with zero attached hydrogens (tertiary/aromatic N) is 2. The molecule has 0 atom stereocenters. The van der Waals surface area contributed by atoms with E-state index in [2.05, 4.69) is 10.4 Å². The van der Waals surface area contributed by atoms with Crippen molar-refractivity contribution >= 4 is 22.8 Å². The highest BCUT2D eigenvalue weighted by molar-refractivity contribution is 8.14. The molecule has 0 aliphatic carbocycles. The second-order valence-electron chi connectivity index (χ2n) is 2.84. The van der Waals surface area contributed by atoms with Gasteiger partial charge in [-0.15, -0.1) is 0 Å². The molecule has 2 aliphatic heterocycles. The highest BCUT2D eigenvalue weighted by Gasteiger charge is 2.21. The van der Waals surface area contributed by atoms with Crippen molar-refractivity contribution in [2.75, 3.05) is 18.8 Å². The van der Waals surface area contributed by atoms with E-state index in [-0.39, 0.29) is 5.91 Å². The maximum absolute atomic E-state index is 10.8. The van der Waals surface area contributed by atoms with Gasteiger partial charge in [0.2, 0.25) is 0 Å². The normalized spacial score (nSPS) is 24.5. The van der Waals surface area contributed by atoms with Gasteiger partial charge in [0, 0.05) is 13.1 Å². The number of hydrogen-bond donors (Lipinski definition) is 1. The topological polar surface area (TPSA) is 44.7 Å². The Bertz CT molecular complexity index is 223. The highest BCUT2D eigenvalue weighted by Crippen LogP contribution is 2.16. The van der Waals surface area contributed by atoms with Crippen LogP contribution in [0.3, 0.4) is 0 Å². The number of rotatable bonds is 0. The number of hydrazine groups is 1. The first kappa shape index (κ1) is 8.07. The predicted octanol–water partition coefficient (Wildman–Crippen LogP) is 0.216. The summed E-state index contributed by atoms with van der Waals surface area (Å²) < 4.78 is 0. The van der Waals surface area contributed by atoms with Gasteiger partial charge in [0.1, 0.15) is 0 Å². The van der Waals surface area contributed by atoms with E-state index in [4.69, 9.17) is 0 Å². The standard InChI is InChI=1S/C7H11N3OS/c11-6-5-12-7(9-6)10-4-2-1-3-8-10/h8H,1-5H2. The largest absolute Gasteiger partial charge is 0.287 e.